The van der Waals surface area contributed by atoms with Crippen molar-refractivity contribution >= 4 is 18.3 Å². The fourth-order valence-corrected chi connectivity index (χ4v) is 3.73. The number of nitrogens with zero attached hydrogens (tertiary/aromatic N) is 1. The van der Waals surface area contributed by atoms with E-state index in [9.17, 15) is 4.79 Å². The van der Waals surface area contributed by atoms with Gasteiger partial charge in [0.2, 0.25) is 0 Å². The minimum atomic E-state index is -0.292. The molecule has 2 heterocycles. The molecule has 1 aromatic carbocycles. The van der Waals surface area contributed by atoms with E-state index in [1.165, 1.54) is 16.7 Å². The topological polar surface area (TPSA) is 55.6 Å². The SMILES string of the molecule is Cc1cccc(C2CCCN2C(=O)[C@@H]2CC[C@H](CN)O2)c1C.Cl. The van der Waals surface area contributed by atoms with Crippen LogP contribution < -0.4 is 5.73 Å². The van der Waals surface area contributed by atoms with Crippen LogP contribution in [-0.2, 0) is 9.53 Å². The summed E-state index contributed by atoms with van der Waals surface area (Å²) in [5, 5.41) is 0. The highest BCUT2D eigenvalue weighted by molar-refractivity contribution is 5.85. The standard InChI is InChI=1S/C18H26N2O2.ClH/c1-12-5-3-6-15(13(12)2)16-7-4-10-20(16)18(21)17-9-8-14(11-19)22-17;/h3,5-6,14,16-17H,4,7-11,19H2,1-2H3;1H/t14-,16?,17+;/m1./s1. The molecular formula is C18H27ClN2O2. The van der Waals surface area contributed by atoms with E-state index >= 15 is 0 Å². The molecule has 4 nitrogen and oxygen atoms in total. The van der Waals surface area contributed by atoms with Crippen LogP contribution in [0.15, 0.2) is 18.2 Å². The van der Waals surface area contributed by atoms with Gasteiger partial charge in [-0.15, -0.1) is 12.4 Å². The van der Waals surface area contributed by atoms with Crippen molar-refractivity contribution in [2.45, 2.75) is 57.8 Å². The Balaban J connectivity index is 0.00000192. The summed E-state index contributed by atoms with van der Waals surface area (Å²) in [5.74, 6) is 0.152. The second-order valence-electron chi connectivity index (χ2n) is 6.54. The van der Waals surface area contributed by atoms with Crippen LogP contribution >= 0.6 is 12.4 Å². The van der Waals surface area contributed by atoms with Crippen LogP contribution in [0.1, 0.15) is 48.4 Å². The maximum atomic E-state index is 12.8. The molecule has 2 aliphatic rings. The van der Waals surface area contributed by atoms with Gasteiger partial charge in [0.15, 0.2) is 0 Å². The van der Waals surface area contributed by atoms with Crippen LogP contribution in [0.2, 0.25) is 0 Å². The van der Waals surface area contributed by atoms with Gasteiger partial charge in [0, 0.05) is 13.1 Å². The van der Waals surface area contributed by atoms with Gasteiger partial charge in [-0.25, -0.2) is 0 Å². The minimum Gasteiger partial charge on any atom is -0.364 e. The average molecular weight is 339 g/mol. The molecule has 0 radical (unpaired) electrons. The number of halogens is 1. The lowest BCUT2D eigenvalue weighted by Gasteiger charge is -2.29. The third kappa shape index (κ3) is 3.54. The van der Waals surface area contributed by atoms with Crippen LogP contribution in [0.25, 0.3) is 0 Å². The maximum Gasteiger partial charge on any atom is 0.252 e. The van der Waals surface area contributed by atoms with Gasteiger partial charge >= 0.3 is 0 Å². The highest BCUT2D eigenvalue weighted by Crippen LogP contribution is 2.36. The summed E-state index contributed by atoms with van der Waals surface area (Å²) in [4.78, 5) is 14.9. The molecule has 1 amide bonds. The number of aryl methyl sites for hydroxylation is 1. The van der Waals surface area contributed by atoms with Crippen molar-refractivity contribution in [2.24, 2.45) is 5.73 Å². The highest BCUT2D eigenvalue weighted by atomic mass is 35.5. The first-order valence-corrected chi connectivity index (χ1v) is 8.34. The van der Waals surface area contributed by atoms with Crippen LogP contribution in [0.3, 0.4) is 0 Å². The van der Waals surface area contributed by atoms with Gasteiger partial charge in [-0.2, -0.15) is 0 Å². The van der Waals surface area contributed by atoms with Crippen molar-refractivity contribution in [1.29, 1.82) is 0 Å². The fraction of sp³-hybridized carbons (Fsp3) is 0.611. The molecule has 23 heavy (non-hydrogen) atoms. The van der Waals surface area contributed by atoms with Crippen molar-refractivity contribution in [3.63, 3.8) is 0 Å². The lowest BCUT2D eigenvalue weighted by Crippen LogP contribution is -2.39. The number of carbonyl (C=O) groups excluding carboxylic acids is 1. The van der Waals surface area contributed by atoms with E-state index in [4.69, 9.17) is 10.5 Å². The third-order valence-electron chi connectivity index (χ3n) is 5.19. The number of ether oxygens (including phenoxy) is 1. The summed E-state index contributed by atoms with van der Waals surface area (Å²) in [6, 6.07) is 6.59. The quantitative estimate of drug-likeness (QED) is 0.922. The molecular weight excluding hydrogens is 312 g/mol. The Morgan fingerprint density at radius 3 is 2.78 bits per heavy atom. The number of hydrogen-bond donors (Lipinski definition) is 1. The van der Waals surface area contributed by atoms with Crippen LogP contribution in [0, 0.1) is 13.8 Å². The Morgan fingerprint density at radius 2 is 2.09 bits per heavy atom. The largest absolute Gasteiger partial charge is 0.364 e. The van der Waals surface area contributed by atoms with Crippen molar-refractivity contribution in [3.05, 3.63) is 34.9 Å². The van der Waals surface area contributed by atoms with Crippen molar-refractivity contribution in [2.75, 3.05) is 13.1 Å². The zero-order valence-electron chi connectivity index (χ0n) is 14.0. The van der Waals surface area contributed by atoms with E-state index in [1.54, 1.807) is 0 Å². The molecule has 1 aromatic rings. The normalized spacial score (nSPS) is 27.1. The number of hydrogen-bond acceptors (Lipinski definition) is 3. The van der Waals surface area contributed by atoms with E-state index in [0.29, 0.717) is 6.54 Å². The molecule has 5 heteroatoms. The second kappa shape index (κ2) is 7.65. The van der Waals surface area contributed by atoms with Crippen molar-refractivity contribution in [3.8, 4) is 0 Å². The summed E-state index contributed by atoms with van der Waals surface area (Å²) >= 11 is 0. The zero-order chi connectivity index (χ0) is 15.7. The number of rotatable bonds is 3. The van der Waals surface area contributed by atoms with Gasteiger partial charge in [-0.1, -0.05) is 18.2 Å². The molecule has 128 valence electrons. The van der Waals surface area contributed by atoms with E-state index in [-0.39, 0.29) is 36.6 Å². The van der Waals surface area contributed by atoms with Crippen molar-refractivity contribution < 1.29 is 9.53 Å². The fourth-order valence-electron chi connectivity index (χ4n) is 3.73. The molecule has 2 N–H and O–H groups in total. The predicted molar refractivity (Wildman–Crippen MR) is 93.8 cm³/mol. The molecule has 2 fully saturated rings. The Hall–Kier alpha value is -1.10. The van der Waals surface area contributed by atoms with Gasteiger partial charge in [-0.05, 0) is 56.2 Å². The van der Waals surface area contributed by atoms with Gasteiger partial charge in [-0.3, -0.25) is 4.79 Å². The maximum absolute atomic E-state index is 12.8. The van der Waals surface area contributed by atoms with E-state index in [2.05, 4.69) is 32.0 Å². The monoisotopic (exact) mass is 338 g/mol. The molecule has 1 unspecified atom stereocenters. The zero-order valence-corrected chi connectivity index (χ0v) is 14.8. The summed E-state index contributed by atoms with van der Waals surface area (Å²) < 4.78 is 5.81. The lowest BCUT2D eigenvalue weighted by molar-refractivity contribution is -0.143. The molecule has 3 atom stereocenters. The smallest absolute Gasteiger partial charge is 0.252 e. The molecule has 0 saturated carbocycles. The molecule has 2 aliphatic heterocycles. The minimum absolute atomic E-state index is 0. The molecule has 0 bridgehead atoms. The van der Waals surface area contributed by atoms with Gasteiger partial charge in [0.1, 0.15) is 6.10 Å². The predicted octanol–water partition coefficient (Wildman–Crippen LogP) is 2.90. The van der Waals surface area contributed by atoms with Gasteiger partial charge in [0.05, 0.1) is 12.1 Å². The van der Waals surface area contributed by atoms with Crippen molar-refractivity contribution in [1.82, 2.24) is 4.90 Å². The van der Waals surface area contributed by atoms with Crippen LogP contribution in [-0.4, -0.2) is 36.1 Å². The van der Waals surface area contributed by atoms with E-state index in [1.807, 2.05) is 4.90 Å². The first-order chi connectivity index (χ1) is 10.6. The third-order valence-corrected chi connectivity index (χ3v) is 5.19. The Kier molecular flexibility index (Phi) is 6.06. The number of nitrogens with two attached hydrogens (primary N) is 1. The number of carbonyl (C=O) groups is 1. The first kappa shape index (κ1) is 18.2. The molecule has 0 aliphatic carbocycles. The van der Waals surface area contributed by atoms with E-state index < -0.39 is 0 Å². The summed E-state index contributed by atoms with van der Waals surface area (Å²) in [6.45, 7) is 5.63. The number of likely N-dealkylation sites (tertiary alicyclic amines) is 1. The van der Waals surface area contributed by atoms with Gasteiger partial charge < -0.3 is 15.4 Å². The second-order valence-corrected chi connectivity index (χ2v) is 6.54. The first-order valence-electron chi connectivity index (χ1n) is 8.34. The Bertz CT molecular complexity index is 564. The molecule has 2 saturated heterocycles. The van der Waals surface area contributed by atoms with E-state index in [0.717, 1.165) is 32.2 Å². The Morgan fingerprint density at radius 1 is 1.30 bits per heavy atom. The summed E-state index contributed by atoms with van der Waals surface area (Å²) in [7, 11) is 0. The average Bonchev–Trinajstić information content (AvgIpc) is 3.18. The number of benzene rings is 1. The summed E-state index contributed by atoms with van der Waals surface area (Å²) in [5.41, 5.74) is 9.54. The molecule has 0 spiro atoms. The van der Waals surface area contributed by atoms with Crippen LogP contribution in [0.4, 0.5) is 0 Å². The van der Waals surface area contributed by atoms with Crippen LogP contribution in [0.5, 0.6) is 0 Å². The molecule has 3 rings (SSSR count). The molecule has 0 aromatic heterocycles. The Labute approximate surface area is 144 Å². The summed E-state index contributed by atoms with van der Waals surface area (Å²) in [6.07, 6.45) is 3.57. The number of amides is 1. The lowest BCUT2D eigenvalue weighted by atomic mass is 9.95. The van der Waals surface area contributed by atoms with Gasteiger partial charge in [0.25, 0.3) is 5.91 Å². The highest BCUT2D eigenvalue weighted by Gasteiger charge is 2.38.